The van der Waals surface area contributed by atoms with Crippen molar-refractivity contribution in [3.63, 3.8) is 0 Å². The third-order valence-electron chi connectivity index (χ3n) is 8.58. The second-order valence-electron chi connectivity index (χ2n) is 9.19. The van der Waals surface area contributed by atoms with Crippen LogP contribution in [0.15, 0.2) is 11.6 Å². The maximum Gasteiger partial charge on any atom is 0.159 e. The number of carbonyl (C=O) groups is 1. The highest BCUT2D eigenvalue weighted by Gasteiger charge is 2.60. The van der Waals surface area contributed by atoms with Crippen molar-refractivity contribution in [1.29, 1.82) is 0 Å². The maximum atomic E-state index is 12.5. The summed E-state index contributed by atoms with van der Waals surface area (Å²) in [7, 11) is 0. The van der Waals surface area contributed by atoms with Crippen LogP contribution in [0.1, 0.15) is 78.6 Å². The molecule has 0 aromatic carbocycles. The molecule has 4 fully saturated rings. The first-order valence-corrected chi connectivity index (χ1v) is 9.70. The zero-order chi connectivity index (χ0) is 15.5. The molecule has 0 heterocycles. The molecular weight excluding hydrogens is 268 g/mol. The summed E-state index contributed by atoms with van der Waals surface area (Å²) < 4.78 is 0. The van der Waals surface area contributed by atoms with Gasteiger partial charge in [0.05, 0.1) is 0 Å². The summed E-state index contributed by atoms with van der Waals surface area (Å²) in [5, 5.41) is 0. The summed E-state index contributed by atoms with van der Waals surface area (Å²) >= 11 is 0. The first-order valence-electron chi connectivity index (χ1n) is 9.70. The Balaban J connectivity index is 1.69. The highest BCUT2D eigenvalue weighted by atomic mass is 16.1. The zero-order valence-electron chi connectivity index (χ0n) is 14.7. The molecule has 0 aromatic heterocycles. The molecule has 0 aliphatic heterocycles. The average Bonchev–Trinajstić information content (AvgIpc) is 2.76. The Kier molecular flexibility index (Phi) is 3.37. The van der Waals surface area contributed by atoms with Gasteiger partial charge in [-0.1, -0.05) is 32.8 Å². The van der Waals surface area contributed by atoms with Gasteiger partial charge in [-0.3, -0.25) is 4.79 Å². The quantitative estimate of drug-likeness (QED) is 0.536. The predicted octanol–water partition coefficient (Wildman–Crippen LogP) is 5.54. The van der Waals surface area contributed by atoms with E-state index in [1.54, 1.807) is 0 Å². The molecule has 0 unspecified atom stereocenters. The van der Waals surface area contributed by atoms with Crippen molar-refractivity contribution in [2.75, 3.05) is 0 Å². The Bertz CT molecular complexity index is 518. The lowest BCUT2D eigenvalue weighted by Gasteiger charge is -2.59. The Morgan fingerprint density at radius 1 is 1.00 bits per heavy atom. The molecule has 122 valence electrons. The van der Waals surface area contributed by atoms with E-state index in [1.807, 2.05) is 0 Å². The lowest BCUT2D eigenvalue weighted by atomic mass is 9.45. The molecule has 0 amide bonds. The van der Waals surface area contributed by atoms with Crippen molar-refractivity contribution in [2.45, 2.75) is 78.6 Å². The molecule has 0 saturated heterocycles. The van der Waals surface area contributed by atoms with E-state index in [0.717, 1.165) is 24.2 Å². The van der Waals surface area contributed by atoms with Crippen LogP contribution in [0, 0.1) is 34.5 Å². The SMILES string of the molecule is C/C=C1\C(=O)C[C@H]2[C@@H]3CC[C@H]4CCCC[C@]4(C)[C@H]3CC[C@]12C. The topological polar surface area (TPSA) is 17.1 Å². The molecule has 4 saturated carbocycles. The number of hydrogen-bond donors (Lipinski definition) is 0. The Labute approximate surface area is 135 Å². The fourth-order valence-corrected chi connectivity index (χ4v) is 7.45. The molecule has 0 bridgehead atoms. The Hall–Kier alpha value is -0.590. The van der Waals surface area contributed by atoms with Gasteiger partial charge in [0.2, 0.25) is 0 Å². The van der Waals surface area contributed by atoms with Gasteiger partial charge < -0.3 is 0 Å². The summed E-state index contributed by atoms with van der Waals surface area (Å²) in [5.41, 5.74) is 1.96. The largest absolute Gasteiger partial charge is 0.295 e. The zero-order valence-corrected chi connectivity index (χ0v) is 14.7. The van der Waals surface area contributed by atoms with E-state index in [9.17, 15) is 4.79 Å². The third kappa shape index (κ3) is 1.80. The minimum absolute atomic E-state index is 0.199. The van der Waals surface area contributed by atoms with Crippen molar-refractivity contribution in [2.24, 2.45) is 34.5 Å². The first-order chi connectivity index (χ1) is 10.5. The van der Waals surface area contributed by atoms with E-state index in [1.165, 1.54) is 56.9 Å². The molecule has 0 N–H and O–H groups in total. The third-order valence-corrected chi connectivity index (χ3v) is 8.58. The fraction of sp³-hybridized carbons (Fsp3) is 0.857. The van der Waals surface area contributed by atoms with Crippen molar-refractivity contribution < 1.29 is 4.79 Å². The van der Waals surface area contributed by atoms with Crippen molar-refractivity contribution in [3.8, 4) is 0 Å². The van der Waals surface area contributed by atoms with Crippen LogP contribution in [-0.4, -0.2) is 5.78 Å². The van der Waals surface area contributed by atoms with Crippen LogP contribution in [0.4, 0.5) is 0 Å². The van der Waals surface area contributed by atoms with Crippen LogP contribution < -0.4 is 0 Å². The van der Waals surface area contributed by atoms with Gasteiger partial charge in [-0.2, -0.15) is 0 Å². The van der Waals surface area contributed by atoms with Gasteiger partial charge in [0.15, 0.2) is 5.78 Å². The van der Waals surface area contributed by atoms with Gasteiger partial charge in [0, 0.05) is 6.42 Å². The van der Waals surface area contributed by atoms with Gasteiger partial charge in [-0.05, 0) is 85.5 Å². The minimum Gasteiger partial charge on any atom is -0.295 e. The highest BCUT2D eigenvalue weighted by molar-refractivity contribution is 5.99. The second-order valence-corrected chi connectivity index (χ2v) is 9.19. The molecule has 1 nitrogen and oxygen atoms in total. The number of hydrogen-bond acceptors (Lipinski definition) is 1. The molecule has 4 aliphatic carbocycles. The summed E-state index contributed by atoms with van der Waals surface area (Å²) in [6.07, 6.45) is 14.3. The molecule has 4 rings (SSSR count). The molecule has 1 heteroatoms. The normalized spacial score (nSPS) is 53.0. The van der Waals surface area contributed by atoms with Gasteiger partial charge >= 0.3 is 0 Å². The number of fused-ring (bicyclic) bond motifs is 5. The van der Waals surface area contributed by atoms with Crippen LogP contribution in [0.5, 0.6) is 0 Å². The van der Waals surface area contributed by atoms with Crippen molar-refractivity contribution >= 4 is 5.78 Å². The smallest absolute Gasteiger partial charge is 0.159 e. The minimum atomic E-state index is 0.199. The lowest BCUT2D eigenvalue weighted by Crippen LogP contribution is -2.52. The van der Waals surface area contributed by atoms with E-state index in [-0.39, 0.29) is 5.41 Å². The molecule has 6 atom stereocenters. The maximum absolute atomic E-state index is 12.5. The van der Waals surface area contributed by atoms with Gasteiger partial charge in [-0.15, -0.1) is 0 Å². The van der Waals surface area contributed by atoms with Crippen LogP contribution >= 0.6 is 0 Å². The van der Waals surface area contributed by atoms with Crippen LogP contribution in [-0.2, 0) is 4.79 Å². The second kappa shape index (κ2) is 4.95. The van der Waals surface area contributed by atoms with E-state index < -0.39 is 0 Å². The number of allylic oxidation sites excluding steroid dienone is 2. The highest BCUT2D eigenvalue weighted by Crippen LogP contribution is 2.66. The molecule has 0 spiro atoms. The van der Waals surface area contributed by atoms with E-state index in [4.69, 9.17) is 0 Å². The Morgan fingerprint density at radius 3 is 2.59 bits per heavy atom. The average molecular weight is 300 g/mol. The van der Waals surface area contributed by atoms with E-state index in [2.05, 4.69) is 26.8 Å². The number of rotatable bonds is 0. The van der Waals surface area contributed by atoms with Crippen LogP contribution in [0.25, 0.3) is 0 Å². The number of ketones is 1. The standard InChI is InChI=1S/C21H32O/c1-4-16-19(22)13-18-15-9-8-14-7-5-6-11-20(14,2)17(15)10-12-21(16,18)3/h4,14-15,17-18H,5-13H2,1-3H3/b16-4+/t14-,15-,17+,18+,20+,21-/m1/s1. The molecular formula is C21H32O. The summed E-state index contributed by atoms with van der Waals surface area (Å²) in [6.45, 7) is 7.10. The van der Waals surface area contributed by atoms with E-state index >= 15 is 0 Å². The van der Waals surface area contributed by atoms with Crippen molar-refractivity contribution in [3.05, 3.63) is 11.6 Å². The van der Waals surface area contributed by atoms with Gasteiger partial charge in [-0.25, -0.2) is 0 Å². The predicted molar refractivity (Wildman–Crippen MR) is 90.5 cm³/mol. The summed E-state index contributed by atoms with van der Waals surface area (Å²) in [4.78, 5) is 12.5. The number of Topliss-reactive ketones (excluding diaryl/α,β-unsaturated/α-hetero) is 1. The molecule has 0 radical (unpaired) electrons. The molecule has 22 heavy (non-hydrogen) atoms. The van der Waals surface area contributed by atoms with Crippen LogP contribution in [0.2, 0.25) is 0 Å². The van der Waals surface area contributed by atoms with Gasteiger partial charge in [0.1, 0.15) is 0 Å². The van der Waals surface area contributed by atoms with E-state index in [0.29, 0.717) is 17.1 Å². The number of carbonyl (C=O) groups excluding carboxylic acids is 1. The fourth-order valence-electron chi connectivity index (χ4n) is 7.45. The Morgan fingerprint density at radius 2 is 1.82 bits per heavy atom. The molecule has 4 aliphatic rings. The molecule has 0 aromatic rings. The summed E-state index contributed by atoms with van der Waals surface area (Å²) in [5.74, 6) is 3.80. The lowest BCUT2D eigenvalue weighted by molar-refractivity contribution is -0.116. The first kappa shape index (κ1) is 15.0. The monoisotopic (exact) mass is 300 g/mol. The summed E-state index contributed by atoms with van der Waals surface area (Å²) in [6, 6.07) is 0. The van der Waals surface area contributed by atoms with Gasteiger partial charge in [0.25, 0.3) is 0 Å². The van der Waals surface area contributed by atoms with Crippen LogP contribution in [0.3, 0.4) is 0 Å². The van der Waals surface area contributed by atoms with Crippen molar-refractivity contribution in [1.82, 2.24) is 0 Å².